The third-order valence-corrected chi connectivity index (χ3v) is 5.70. The molecule has 4 rings (SSSR count). The van der Waals surface area contributed by atoms with Crippen LogP contribution in [-0.4, -0.2) is 22.3 Å². The van der Waals surface area contributed by atoms with E-state index in [-0.39, 0.29) is 6.42 Å². The lowest BCUT2D eigenvalue weighted by molar-refractivity contribution is -0.136. The highest BCUT2D eigenvalue weighted by atomic mass is 35.5. The summed E-state index contributed by atoms with van der Waals surface area (Å²) in [5, 5.41) is 16.2. The summed E-state index contributed by atoms with van der Waals surface area (Å²) < 4.78 is 16.6. The second-order valence-electron chi connectivity index (χ2n) is 8.00. The molecular weight excluding hydrogens is 484 g/mol. The van der Waals surface area contributed by atoms with E-state index in [9.17, 15) is 9.59 Å². The van der Waals surface area contributed by atoms with Gasteiger partial charge >= 0.3 is 12.1 Å². The number of nitrogens with one attached hydrogen (secondary N) is 1. The Morgan fingerprint density at radius 3 is 2.31 bits per heavy atom. The molecule has 1 heterocycles. The topological polar surface area (TPSA) is 111 Å². The van der Waals surface area contributed by atoms with Crippen molar-refractivity contribution < 1.29 is 28.7 Å². The van der Waals surface area contributed by atoms with Gasteiger partial charge < -0.3 is 19.1 Å². The zero-order valence-electron chi connectivity index (χ0n) is 19.5. The number of carbonyl (C=O) groups excluding carboxylic acids is 1. The molecule has 2 N–H and O–H groups in total. The van der Waals surface area contributed by atoms with Crippen LogP contribution in [0.15, 0.2) is 77.3 Å². The number of benzene rings is 3. The lowest BCUT2D eigenvalue weighted by atomic mass is 10.1. The number of amides is 1. The normalized spacial score (nSPS) is 11.5. The molecule has 0 bridgehead atoms. The summed E-state index contributed by atoms with van der Waals surface area (Å²) in [6, 6.07) is 21.1. The Balaban J connectivity index is 1.43. The predicted molar refractivity (Wildman–Crippen MR) is 135 cm³/mol. The van der Waals surface area contributed by atoms with Crippen LogP contribution in [0.5, 0.6) is 11.5 Å². The molecular formula is C27H23ClN2O6. The Bertz CT molecular complexity index is 1370. The summed E-state index contributed by atoms with van der Waals surface area (Å²) in [6.07, 6.45) is -1.27. The van der Waals surface area contributed by atoms with E-state index in [1.807, 2.05) is 6.07 Å². The number of aryl methyl sites for hydroxylation is 1. The summed E-state index contributed by atoms with van der Waals surface area (Å²) in [6.45, 7) is 3.43. The number of hydrogen-bond donors (Lipinski definition) is 2. The fourth-order valence-corrected chi connectivity index (χ4v) is 3.83. The fourth-order valence-electron chi connectivity index (χ4n) is 3.54. The van der Waals surface area contributed by atoms with Crippen molar-refractivity contribution in [2.75, 3.05) is 5.32 Å². The second-order valence-corrected chi connectivity index (χ2v) is 8.40. The van der Waals surface area contributed by atoms with Crippen LogP contribution in [0, 0.1) is 6.92 Å². The quantitative estimate of drug-likeness (QED) is 0.264. The molecule has 1 amide bonds. The van der Waals surface area contributed by atoms with Gasteiger partial charge in [0.05, 0.1) is 6.42 Å². The van der Waals surface area contributed by atoms with Crippen LogP contribution in [-0.2, 0) is 16.0 Å². The van der Waals surface area contributed by atoms with E-state index in [2.05, 4.69) is 10.5 Å². The molecule has 0 spiro atoms. The molecule has 36 heavy (non-hydrogen) atoms. The van der Waals surface area contributed by atoms with Crippen LogP contribution in [0.25, 0.3) is 11.3 Å². The molecule has 3 aromatic carbocycles. The third kappa shape index (κ3) is 6.03. The monoisotopic (exact) mass is 506 g/mol. The van der Waals surface area contributed by atoms with Crippen LogP contribution < -0.4 is 10.1 Å². The molecule has 0 aliphatic rings. The van der Waals surface area contributed by atoms with Gasteiger partial charge in [-0.1, -0.05) is 47.1 Å². The molecule has 0 aliphatic carbocycles. The lowest BCUT2D eigenvalue weighted by Gasteiger charge is -2.15. The summed E-state index contributed by atoms with van der Waals surface area (Å²) in [5.41, 5.74) is 2.93. The molecule has 8 nitrogen and oxygen atoms in total. The van der Waals surface area contributed by atoms with Crippen LogP contribution in [0.4, 0.5) is 10.5 Å². The number of nitrogens with zero attached hydrogens (tertiary/aromatic N) is 1. The highest BCUT2D eigenvalue weighted by Crippen LogP contribution is 2.33. The first-order valence-electron chi connectivity index (χ1n) is 11.1. The Morgan fingerprint density at radius 1 is 1.03 bits per heavy atom. The van der Waals surface area contributed by atoms with Gasteiger partial charge in [-0.2, -0.15) is 0 Å². The number of halogens is 1. The molecule has 184 valence electrons. The minimum absolute atomic E-state index is 0.0467. The summed E-state index contributed by atoms with van der Waals surface area (Å²) in [5.74, 6) is 0.688. The highest BCUT2D eigenvalue weighted by Gasteiger charge is 2.20. The number of carboxylic acid groups (broad SMARTS) is 1. The first-order valence-corrected chi connectivity index (χ1v) is 11.5. The standard InChI is InChI=1S/C27H23ClN2O6/c1-16(22-5-3-4-6-23(22)28)34-27(33)29-25-17(2)36-30-26(25)19-9-13-21(14-10-19)35-20-11-7-18(8-12-20)15-24(31)32/h3-14,16H,15H2,1-2H3,(H,29,33)(H,31,32). The zero-order valence-corrected chi connectivity index (χ0v) is 20.3. The number of aromatic nitrogens is 1. The molecule has 0 fully saturated rings. The van der Waals surface area contributed by atoms with E-state index in [0.717, 1.165) is 0 Å². The smallest absolute Gasteiger partial charge is 0.412 e. The van der Waals surface area contributed by atoms with Crippen molar-refractivity contribution in [3.05, 3.63) is 94.7 Å². The van der Waals surface area contributed by atoms with Gasteiger partial charge in [0.1, 0.15) is 29.0 Å². The van der Waals surface area contributed by atoms with Crippen molar-refractivity contribution in [1.29, 1.82) is 0 Å². The molecule has 1 unspecified atom stereocenters. The highest BCUT2D eigenvalue weighted by molar-refractivity contribution is 6.31. The van der Waals surface area contributed by atoms with Gasteiger partial charge in [-0.25, -0.2) is 4.79 Å². The van der Waals surface area contributed by atoms with Crippen LogP contribution in [0.1, 0.15) is 29.9 Å². The van der Waals surface area contributed by atoms with Crippen LogP contribution >= 0.6 is 11.6 Å². The van der Waals surface area contributed by atoms with Gasteiger partial charge in [-0.05, 0) is 61.9 Å². The second kappa shape index (κ2) is 11.0. The van der Waals surface area contributed by atoms with E-state index in [4.69, 9.17) is 30.7 Å². The SMILES string of the molecule is Cc1onc(-c2ccc(Oc3ccc(CC(=O)O)cc3)cc2)c1NC(=O)OC(C)c1ccccc1Cl. The van der Waals surface area contributed by atoms with Crippen molar-refractivity contribution in [3.8, 4) is 22.8 Å². The average molecular weight is 507 g/mol. The minimum atomic E-state index is -0.889. The molecule has 0 saturated heterocycles. The number of ether oxygens (including phenoxy) is 2. The number of anilines is 1. The van der Waals surface area contributed by atoms with Crippen LogP contribution in [0.3, 0.4) is 0 Å². The number of carbonyl (C=O) groups is 2. The molecule has 1 atom stereocenters. The maximum atomic E-state index is 12.6. The summed E-state index contributed by atoms with van der Waals surface area (Å²) in [4.78, 5) is 23.4. The van der Waals surface area contributed by atoms with Gasteiger partial charge in [0.2, 0.25) is 0 Å². The predicted octanol–water partition coefficient (Wildman–Crippen LogP) is 7.03. The molecule has 0 saturated carbocycles. The molecule has 0 aliphatic heterocycles. The van der Waals surface area contributed by atoms with Crippen LogP contribution in [0.2, 0.25) is 5.02 Å². The van der Waals surface area contributed by atoms with E-state index in [1.54, 1.807) is 80.6 Å². The van der Waals surface area contributed by atoms with Gasteiger partial charge in [-0.15, -0.1) is 0 Å². The number of hydrogen-bond acceptors (Lipinski definition) is 6. The van der Waals surface area contributed by atoms with Crippen molar-refractivity contribution in [2.24, 2.45) is 0 Å². The maximum absolute atomic E-state index is 12.6. The van der Waals surface area contributed by atoms with Gasteiger partial charge in [0.25, 0.3) is 0 Å². The van der Waals surface area contributed by atoms with E-state index >= 15 is 0 Å². The van der Waals surface area contributed by atoms with Gasteiger partial charge in [-0.3, -0.25) is 10.1 Å². The Kier molecular flexibility index (Phi) is 7.56. The third-order valence-electron chi connectivity index (χ3n) is 5.36. The Morgan fingerprint density at radius 2 is 1.67 bits per heavy atom. The molecule has 0 radical (unpaired) electrons. The number of carboxylic acids is 1. The van der Waals surface area contributed by atoms with E-state index < -0.39 is 18.2 Å². The van der Waals surface area contributed by atoms with E-state index in [1.165, 1.54) is 0 Å². The maximum Gasteiger partial charge on any atom is 0.412 e. The number of aliphatic carboxylic acids is 1. The van der Waals surface area contributed by atoms with E-state index in [0.29, 0.717) is 50.4 Å². The fraction of sp³-hybridized carbons (Fsp3) is 0.148. The lowest BCUT2D eigenvalue weighted by Crippen LogP contribution is -2.17. The molecule has 1 aromatic heterocycles. The largest absolute Gasteiger partial charge is 0.481 e. The zero-order chi connectivity index (χ0) is 25.7. The Labute approximate surface area is 212 Å². The van der Waals surface area contributed by atoms with Crippen molar-refractivity contribution in [1.82, 2.24) is 5.16 Å². The summed E-state index contributed by atoms with van der Waals surface area (Å²) >= 11 is 6.20. The van der Waals surface area contributed by atoms with Gasteiger partial charge in [0, 0.05) is 16.1 Å². The van der Waals surface area contributed by atoms with Crippen molar-refractivity contribution in [2.45, 2.75) is 26.4 Å². The first kappa shape index (κ1) is 24.8. The average Bonchev–Trinajstić information content (AvgIpc) is 3.20. The first-order chi connectivity index (χ1) is 17.3. The number of rotatable bonds is 8. The Hall–Kier alpha value is -4.30. The minimum Gasteiger partial charge on any atom is -0.481 e. The summed E-state index contributed by atoms with van der Waals surface area (Å²) in [7, 11) is 0. The molecule has 4 aromatic rings. The molecule has 9 heteroatoms. The van der Waals surface area contributed by atoms with Gasteiger partial charge in [0.15, 0.2) is 5.76 Å². The van der Waals surface area contributed by atoms with Crippen molar-refractivity contribution >= 4 is 29.4 Å². The van der Waals surface area contributed by atoms with Crippen molar-refractivity contribution in [3.63, 3.8) is 0 Å².